The summed E-state index contributed by atoms with van der Waals surface area (Å²) in [5.74, 6) is -0.432. The maximum Gasteiger partial charge on any atom is 0.339 e. The monoisotopic (exact) mass is 276 g/mol. The third-order valence-electron chi connectivity index (χ3n) is 4.38. The number of rotatable bonds is 3. The number of aromatic nitrogens is 2. The van der Waals surface area contributed by atoms with Gasteiger partial charge in [-0.3, -0.25) is 4.90 Å². The smallest absolute Gasteiger partial charge is 0.339 e. The molecule has 2 saturated heterocycles. The highest BCUT2D eigenvalue weighted by molar-refractivity contribution is 5.88. The zero-order valence-corrected chi connectivity index (χ0v) is 11.7. The Balaban J connectivity index is 1.72. The molecule has 0 amide bonds. The normalized spacial score (nSPS) is 26.2. The molecule has 0 saturated carbocycles. The van der Waals surface area contributed by atoms with E-state index in [1.54, 1.807) is 6.92 Å². The molecule has 108 valence electrons. The summed E-state index contributed by atoms with van der Waals surface area (Å²) < 4.78 is 0. The zero-order valence-electron chi connectivity index (χ0n) is 11.7. The van der Waals surface area contributed by atoms with Crippen LogP contribution in [0.3, 0.4) is 0 Å². The minimum absolute atomic E-state index is 0.168. The first kappa shape index (κ1) is 13.3. The summed E-state index contributed by atoms with van der Waals surface area (Å²) in [4.78, 5) is 21.9. The van der Waals surface area contributed by atoms with Crippen LogP contribution >= 0.6 is 0 Å². The molecule has 2 fully saturated rings. The molecule has 0 bridgehead atoms. The number of fused-ring (bicyclic) bond motifs is 1. The molecule has 6 heteroatoms. The zero-order chi connectivity index (χ0) is 14.1. The van der Waals surface area contributed by atoms with E-state index in [1.807, 2.05) is 0 Å². The number of aryl methyl sites for hydroxylation is 1. The third-order valence-corrected chi connectivity index (χ3v) is 4.38. The molecule has 2 aliphatic heterocycles. The van der Waals surface area contributed by atoms with Crippen molar-refractivity contribution in [2.75, 3.05) is 18.4 Å². The van der Waals surface area contributed by atoms with Gasteiger partial charge in [0.05, 0.1) is 11.3 Å². The Hall–Kier alpha value is -1.69. The van der Waals surface area contributed by atoms with Gasteiger partial charge in [0.15, 0.2) is 0 Å². The van der Waals surface area contributed by atoms with Crippen molar-refractivity contribution in [3.05, 3.63) is 17.5 Å². The van der Waals surface area contributed by atoms with Crippen LogP contribution in [0.1, 0.15) is 41.7 Å². The van der Waals surface area contributed by atoms with E-state index in [0.717, 1.165) is 13.0 Å². The maximum atomic E-state index is 11.0. The lowest BCUT2D eigenvalue weighted by Crippen LogP contribution is -2.42. The quantitative estimate of drug-likeness (QED) is 0.871. The van der Waals surface area contributed by atoms with Crippen LogP contribution in [-0.2, 0) is 0 Å². The summed E-state index contributed by atoms with van der Waals surface area (Å²) in [6.07, 6.45) is 6.31. The van der Waals surface area contributed by atoms with Crippen LogP contribution in [0.25, 0.3) is 0 Å². The van der Waals surface area contributed by atoms with Gasteiger partial charge in [-0.2, -0.15) is 0 Å². The summed E-state index contributed by atoms with van der Waals surface area (Å²) in [6, 6.07) is 0.956. The average molecular weight is 276 g/mol. The van der Waals surface area contributed by atoms with Gasteiger partial charge in [0.1, 0.15) is 0 Å². The van der Waals surface area contributed by atoms with Crippen LogP contribution < -0.4 is 5.32 Å². The van der Waals surface area contributed by atoms with Gasteiger partial charge in [0.25, 0.3) is 0 Å². The van der Waals surface area contributed by atoms with Gasteiger partial charge < -0.3 is 10.4 Å². The fourth-order valence-electron chi connectivity index (χ4n) is 3.33. The molecule has 3 heterocycles. The van der Waals surface area contributed by atoms with E-state index in [1.165, 1.54) is 32.0 Å². The van der Waals surface area contributed by atoms with Crippen LogP contribution in [-0.4, -0.2) is 51.1 Å². The van der Waals surface area contributed by atoms with Gasteiger partial charge in [-0.25, -0.2) is 14.8 Å². The fraction of sp³-hybridized carbons (Fsp3) is 0.643. The first-order valence-corrected chi connectivity index (χ1v) is 7.22. The number of carboxylic acids is 1. The molecular weight excluding hydrogens is 256 g/mol. The van der Waals surface area contributed by atoms with Gasteiger partial charge in [-0.05, 0) is 32.7 Å². The molecule has 3 rings (SSSR count). The predicted octanol–water partition coefficient (Wildman–Crippen LogP) is 1.52. The van der Waals surface area contributed by atoms with Crippen LogP contribution in [0.15, 0.2) is 6.20 Å². The van der Waals surface area contributed by atoms with Crippen molar-refractivity contribution in [1.82, 2.24) is 14.9 Å². The minimum atomic E-state index is -0.978. The number of nitrogens with one attached hydrogen (secondary N) is 1. The number of hydrogen-bond donors (Lipinski definition) is 2. The van der Waals surface area contributed by atoms with E-state index in [4.69, 9.17) is 5.11 Å². The molecule has 0 aromatic carbocycles. The van der Waals surface area contributed by atoms with E-state index in [2.05, 4.69) is 20.2 Å². The number of anilines is 1. The molecule has 1 aromatic rings. The van der Waals surface area contributed by atoms with Crippen molar-refractivity contribution in [2.24, 2.45) is 0 Å². The highest BCUT2D eigenvalue weighted by Gasteiger charge is 2.35. The topological polar surface area (TPSA) is 78.4 Å². The Bertz CT molecular complexity index is 520. The van der Waals surface area contributed by atoms with Crippen molar-refractivity contribution >= 4 is 11.9 Å². The van der Waals surface area contributed by atoms with Gasteiger partial charge in [-0.15, -0.1) is 0 Å². The first-order chi connectivity index (χ1) is 9.65. The van der Waals surface area contributed by atoms with Crippen molar-refractivity contribution in [2.45, 2.75) is 44.7 Å². The summed E-state index contributed by atoms with van der Waals surface area (Å²) >= 11 is 0. The van der Waals surface area contributed by atoms with Crippen molar-refractivity contribution in [3.63, 3.8) is 0 Å². The summed E-state index contributed by atoms with van der Waals surface area (Å²) in [5.41, 5.74) is 0.676. The predicted molar refractivity (Wildman–Crippen MR) is 75.0 cm³/mol. The van der Waals surface area contributed by atoms with E-state index >= 15 is 0 Å². The van der Waals surface area contributed by atoms with Crippen LogP contribution in [0.4, 0.5) is 5.95 Å². The van der Waals surface area contributed by atoms with Crippen molar-refractivity contribution in [3.8, 4) is 0 Å². The van der Waals surface area contributed by atoms with Crippen molar-refractivity contribution in [1.29, 1.82) is 0 Å². The maximum absolute atomic E-state index is 11.0. The highest BCUT2D eigenvalue weighted by Crippen LogP contribution is 2.28. The Kier molecular flexibility index (Phi) is 3.56. The Morgan fingerprint density at radius 3 is 3.00 bits per heavy atom. The molecule has 2 atom stereocenters. The summed E-state index contributed by atoms with van der Waals surface area (Å²) in [6.45, 7) is 4.03. The molecule has 2 aliphatic rings. The molecule has 1 aromatic heterocycles. The standard InChI is InChI=1S/C14H20N4O2/c1-9-10(13(19)20)8-15-14(16-9)17-11-5-7-18-6-3-2-4-12(11)18/h8,11-12H,2-7H2,1H3,(H,19,20)(H,15,16,17). The molecule has 2 N–H and O–H groups in total. The van der Waals surface area contributed by atoms with Gasteiger partial charge in [0, 0.05) is 24.8 Å². The lowest BCUT2D eigenvalue weighted by molar-refractivity contribution is 0.0695. The third kappa shape index (κ3) is 2.47. The Morgan fingerprint density at radius 2 is 2.25 bits per heavy atom. The average Bonchev–Trinajstić information content (AvgIpc) is 2.82. The second-order valence-electron chi connectivity index (χ2n) is 5.64. The van der Waals surface area contributed by atoms with Crippen molar-refractivity contribution < 1.29 is 9.90 Å². The number of piperidine rings is 1. The number of nitrogens with zero attached hydrogens (tertiary/aromatic N) is 3. The number of hydrogen-bond acceptors (Lipinski definition) is 5. The van der Waals surface area contributed by atoms with Crippen LogP contribution in [0.2, 0.25) is 0 Å². The van der Waals surface area contributed by atoms with Gasteiger partial charge >= 0.3 is 5.97 Å². The SMILES string of the molecule is Cc1nc(NC2CCN3CCCCC23)ncc1C(=O)O. The lowest BCUT2D eigenvalue weighted by Gasteiger charge is -2.32. The second-order valence-corrected chi connectivity index (χ2v) is 5.64. The number of carboxylic acid groups (broad SMARTS) is 1. The molecule has 0 spiro atoms. The first-order valence-electron chi connectivity index (χ1n) is 7.22. The molecule has 20 heavy (non-hydrogen) atoms. The summed E-state index contributed by atoms with van der Waals surface area (Å²) in [5, 5.41) is 12.4. The molecule has 2 unspecified atom stereocenters. The van der Waals surface area contributed by atoms with E-state index in [0.29, 0.717) is 23.7 Å². The van der Waals surface area contributed by atoms with E-state index < -0.39 is 5.97 Å². The largest absolute Gasteiger partial charge is 0.478 e. The van der Waals surface area contributed by atoms with E-state index in [-0.39, 0.29) is 5.56 Å². The highest BCUT2D eigenvalue weighted by atomic mass is 16.4. The van der Waals surface area contributed by atoms with Gasteiger partial charge in [0.2, 0.25) is 5.95 Å². The second kappa shape index (κ2) is 5.36. The Labute approximate surface area is 118 Å². The number of carbonyl (C=O) groups is 1. The molecule has 6 nitrogen and oxygen atoms in total. The molecule has 0 radical (unpaired) electrons. The van der Waals surface area contributed by atoms with Crippen LogP contribution in [0.5, 0.6) is 0 Å². The van der Waals surface area contributed by atoms with Crippen LogP contribution in [0, 0.1) is 6.92 Å². The number of aromatic carboxylic acids is 1. The van der Waals surface area contributed by atoms with E-state index in [9.17, 15) is 4.79 Å². The van der Waals surface area contributed by atoms with Gasteiger partial charge in [-0.1, -0.05) is 6.42 Å². The summed E-state index contributed by atoms with van der Waals surface area (Å²) in [7, 11) is 0. The fourth-order valence-corrected chi connectivity index (χ4v) is 3.33. The minimum Gasteiger partial charge on any atom is -0.478 e. The molecule has 0 aliphatic carbocycles. The lowest BCUT2D eigenvalue weighted by atomic mass is 9.99. The Morgan fingerprint density at radius 1 is 1.40 bits per heavy atom. The molecular formula is C14H20N4O2.